The van der Waals surface area contributed by atoms with Gasteiger partial charge in [-0.1, -0.05) is 47.5 Å². The molecule has 1 aliphatic rings. The van der Waals surface area contributed by atoms with Gasteiger partial charge in [0.15, 0.2) is 0 Å². The summed E-state index contributed by atoms with van der Waals surface area (Å²) in [5.74, 6) is 0.392. The lowest BCUT2D eigenvalue weighted by Gasteiger charge is -2.18. The van der Waals surface area contributed by atoms with Crippen molar-refractivity contribution >= 4 is 40.0 Å². The molecule has 2 heterocycles. The van der Waals surface area contributed by atoms with Gasteiger partial charge in [0.1, 0.15) is 16.6 Å². The molecule has 4 rings (SSSR count). The van der Waals surface area contributed by atoms with Crippen molar-refractivity contribution in [2.24, 2.45) is 0 Å². The molecule has 2 aromatic carbocycles. The number of halogens is 1. The Morgan fingerprint density at radius 3 is 2.59 bits per heavy atom. The van der Waals surface area contributed by atoms with E-state index in [1.807, 2.05) is 31.2 Å². The van der Waals surface area contributed by atoms with Crippen molar-refractivity contribution in [1.29, 1.82) is 5.41 Å². The van der Waals surface area contributed by atoms with E-state index in [0.717, 1.165) is 21.8 Å². The summed E-state index contributed by atoms with van der Waals surface area (Å²) < 4.78 is 0. The van der Waals surface area contributed by atoms with Crippen molar-refractivity contribution < 1.29 is 5.11 Å². The number of hydrogen-bond acceptors (Lipinski definition) is 4. The zero-order valence-corrected chi connectivity index (χ0v) is 16.5. The molecular formula is C21H18ClN3OS. The molecule has 0 atom stereocenters. The number of nitrogens with one attached hydrogen (secondary N) is 1. The first-order valence-electron chi connectivity index (χ1n) is 8.53. The molecule has 0 fully saturated rings. The van der Waals surface area contributed by atoms with Gasteiger partial charge < -0.3 is 10.0 Å². The first-order chi connectivity index (χ1) is 12.9. The van der Waals surface area contributed by atoms with Crippen LogP contribution >= 0.6 is 22.9 Å². The van der Waals surface area contributed by atoms with E-state index >= 15 is 0 Å². The van der Waals surface area contributed by atoms with Gasteiger partial charge in [0.05, 0.1) is 17.8 Å². The average Bonchev–Trinajstić information content (AvgIpc) is 3.15. The Kier molecular flexibility index (Phi) is 4.50. The molecule has 6 heteroatoms. The van der Waals surface area contributed by atoms with Crippen LogP contribution in [0.3, 0.4) is 0 Å². The lowest BCUT2D eigenvalue weighted by Crippen LogP contribution is -2.25. The number of anilines is 1. The summed E-state index contributed by atoms with van der Waals surface area (Å²) in [7, 11) is 0. The monoisotopic (exact) mass is 395 g/mol. The maximum absolute atomic E-state index is 10.6. The van der Waals surface area contributed by atoms with Gasteiger partial charge >= 0.3 is 0 Å². The maximum Gasteiger partial charge on any atom is 0.139 e. The molecule has 27 heavy (non-hydrogen) atoms. The fourth-order valence-corrected chi connectivity index (χ4v) is 4.34. The number of rotatable bonds is 3. The Balaban J connectivity index is 1.69. The van der Waals surface area contributed by atoms with Crippen LogP contribution in [0.1, 0.15) is 15.4 Å². The second-order valence-electron chi connectivity index (χ2n) is 6.53. The van der Waals surface area contributed by atoms with Gasteiger partial charge in [-0.2, -0.15) is 0 Å². The molecule has 0 amide bonds. The van der Waals surface area contributed by atoms with Gasteiger partial charge in [0, 0.05) is 21.2 Å². The highest BCUT2D eigenvalue weighted by molar-refractivity contribution is 7.13. The van der Waals surface area contributed by atoms with Crippen LogP contribution < -0.4 is 4.90 Å². The first kappa shape index (κ1) is 17.8. The molecule has 0 unspecified atom stereocenters. The van der Waals surface area contributed by atoms with Crippen LogP contribution in [0.2, 0.25) is 5.02 Å². The Labute approximate surface area is 166 Å². The van der Waals surface area contributed by atoms with E-state index in [4.69, 9.17) is 22.0 Å². The molecule has 2 N–H and O–H groups in total. The fourth-order valence-electron chi connectivity index (χ4n) is 3.15. The van der Waals surface area contributed by atoms with Crippen molar-refractivity contribution in [3.8, 4) is 11.3 Å². The normalized spacial score (nSPS) is 14.3. The summed E-state index contributed by atoms with van der Waals surface area (Å²) in [5.41, 5.74) is 4.39. The standard InChI is InChI=1S/C21H18ClN3OS/c1-12-6-8-14(9-7-12)19-13(2)27-21(24-19)18-17(26)11-25(20(18)23)16-5-3-4-15(22)10-16/h3-10,23,26H,11H2,1-2H3. The minimum Gasteiger partial charge on any atom is -0.510 e. The van der Waals surface area contributed by atoms with E-state index in [1.54, 1.807) is 17.0 Å². The minimum atomic E-state index is 0.157. The molecule has 0 saturated heterocycles. The molecule has 0 bridgehead atoms. The van der Waals surface area contributed by atoms with E-state index in [1.165, 1.54) is 16.9 Å². The highest BCUT2D eigenvalue weighted by atomic mass is 35.5. The van der Waals surface area contributed by atoms with Crippen molar-refractivity contribution in [3.05, 3.63) is 74.8 Å². The van der Waals surface area contributed by atoms with Crippen LogP contribution in [-0.2, 0) is 0 Å². The summed E-state index contributed by atoms with van der Waals surface area (Å²) >= 11 is 7.58. The molecule has 0 aliphatic carbocycles. The fraction of sp³-hybridized carbons (Fsp3) is 0.143. The summed E-state index contributed by atoms with van der Waals surface area (Å²) in [6.45, 7) is 4.31. The van der Waals surface area contributed by atoms with Gasteiger partial charge in [-0.05, 0) is 32.0 Å². The second-order valence-corrected chi connectivity index (χ2v) is 8.17. The number of aryl methyl sites for hydroxylation is 2. The molecular weight excluding hydrogens is 378 g/mol. The van der Waals surface area contributed by atoms with Crippen molar-refractivity contribution in [2.45, 2.75) is 13.8 Å². The van der Waals surface area contributed by atoms with Crippen LogP contribution in [0.5, 0.6) is 0 Å². The SMILES string of the molecule is Cc1ccc(-c2nc(C3=C(O)CN(c4cccc(Cl)c4)C3=N)sc2C)cc1. The number of aliphatic hydroxyl groups excluding tert-OH is 1. The number of aromatic nitrogens is 1. The summed E-state index contributed by atoms with van der Waals surface area (Å²) in [6, 6.07) is 15.5. The molecule has 0 radical (unpaired) electrons. The first-order valence-corrected chi connectivity index (χ1v) is 9.72. The Hall–Kier alpha value is -2.63. The van der Waals surface area contributed by atoms with Crippen LogP contribution in [0.4, 0.5) is 5.69 Å². The van der Waals surface area contributed by atoms with Crippen LogP contribution in [0.15, 0.2) is 54.3 Å². The Morgan fingerprint density at radius 1 is 1.15 bits per heavy atom. The topological polar surface area (TPSA) is 60.2 Å². The van der Waals surface area contributed by atoms with Gasteiger partial charge in [0.2, 0.25) is 0 Å². The minimum absolute atomic E-state index is 0.157. The number of nitrogens with zero attached hydrogens (tertiary/aromatic N) is 2. The molecule has 136 valence electrons. The number of benzene rings is 2. The molecule has 0 spiro atoms. The third-order valence-corrected chi connectivity index (χ3v) is 5.78. The number of amidine groups is 1. The van der Waals surface area contributed by atoms with E-state index in [0.29, 0.717) is 15.6 Å². The lowest BCUT2D eigenvalue weighted by molar-refractivity contribution is 0.411. The third-order valence-electron chi connectivity index (χ3n) is 4.56. The number of thiazole rings is 1. The van der Waals surface area contributed by atoms with Crippen molar-refractivity contribution in [1.82, 2.24) is 4.98 Å². The Bertz CT molecular complexity index is 1070. The molecule has 1 aromatic heterocycles. The van der Waals surface area contributed by atoms with Crippen molar-refractivity contribution in [2.75, 3.05) is 11.4 Å². The average molecular weight is 396 g/mol. The zero-order valence-electron chi connectivity index (χ0n) is 15.0. The molecule has 0 saturated carbocycles. The number of hydrogen-bond donors (Lipinski definition) is 2. The van der Waals surface area contributed by atoms with E-state index < -0.39 is 0 Å². The van der Waals surface area contributed by atoms with Gasteiger partial charge in [-0.15, -0.1) is 11.3 Å². The van der Waals surface area contributed by atoms with Crippen molar-refractivity contribution in [3.63, 3.8) is 0 Å². The summed E-state index contributed by atoms with van der Waals surface area (Å²) in [6.07, 6.45) is 0. The largest absolute Gasteiger partial charge is 0.510 e. The zero-order chi connectivity index (χ0) is 19.1. The molecule has 1 aliphatic heterocycles. The quantitative estimate of drug-likeness (QED) is 0.585. The molecule has 4 nitrogen and oxygen atoms in total. The van der Waals surface area contributed by atoms with Crippen LogP contribution in [-0.4, -0.2) is 22.5 Å². The maximum atomic E-state index is 10.6. The predicted molar refractivity (Wildman–Crippen MR) is 113 cm³/mol. The third kappa shape index (κ3) is 3.24. The Morgan fingerprint density at radius 2 is 1.89 bits per heavy atom. The van der Waals surface area contributed by atoms with Gasteiger partial charge in [-0.25, -0.2) is 4.98 Å². The van der Waals surface area contributed by atoms with E-state index in [9.17, 15) is 5.11 Å². The van der Waals surface area contributed by atoms with Crippen LogP contribution in [0.25, 0.3) is 16.8 Å². The summed E-state index contributed by atoms with van der Waals surface area (Å²) in [4.78, 5) is 7.54. The number of aliphatic hydroxyl groups is 1. The highest BCUT2D eigenvalue weighted by Crippen LogP contribution is 2.37. The van der Waals surface area contributed by atoms with Crippen LogP contribution in [0, 0.1) is 19.3 Å². The van der Waals surface area contributed by atoms with Gasteiger partial charge in [0.25, 0.3) is 0 Å². The molecule has 3 aromatic rings. The lowest BCUT2D eigenvalue weighted by atomic mass is 10.1. The van der Waals surface area contributed by atoms with E-state index in [-0.39, 0.29) is 18.1 Å². The smallest absolute Gasteiger partial charge is 0.139 e. The second kappa shape index (κ2) is 6.83. The highest BCUT2D eigenvalue weighted by Gasteiger charge is 2.31. The van der Waals surface area contributed by atoms with E-state index in [2.05, 4.69) is 19.1 Å². The predicted octanol–water partition coefficient (Wildman–Crippen LogP) is 5.85. The van der Waals surface area contributed by atoms with Gasteiger partial charge in [-0.3, -0.25) is 5.41 Å². The summed E-state index contributed by atoms with van der Waals surface area (Å²) in [5, 5.41) is 20.4.